The van der Waals surface area contributed by atoms with Gasteiger partial charge >= 0.3 is 0 Å². The largest absolute Gasteiger partial charge is 0.361 e. The van der Waals surface area contributed by atoms with E-state index in [2.05, 4.69) is 53.5 Å². The summed E-state index contributed by atoms with van der Waals surface area (Å²) in [4.78, 5) is 5.85. The van der Waals surface area contributed by atoms with E-state index in [0.29, 0.717) is 28.2 Å². The van der Waals surface area contributed by atoms with E-state index in [1.54, 1.807) is 0 Å². The van der Waals surface area contributed by atoms with Crippen LogP contribution in [0, 0.1) is 22.2 Å². The number of rotatable bonds is 3. The Bertz CT molecular complexity index is 403. The van der Waals surface area contributed by atoms with E-state index in [4.69, 9.17) is 9.57 Å². The molecule has 3 nitrogen and oxygen atoms in total. The fourth-order valence-corrected chi connectivity index (χ4v) is 5.16. The minimum Gasteiger partial charge on any atom is -0.361 e. The van der Waals surface area contributed by atoms with Crippen LogP contribution in [-0.4, -0.2) is 31.0 Å². The molecule has 4 atom stereocenters. The Labute approximate surface area is 150 Å². The number of hydrogen-bond acceptors (Lipinski definition) is 3. The summed E-state index contributed by atoms with van der Waals surface area (Å²) in [6, 6.07) is 0.470. The van der Waals surface area contributed by atoms with Crippen LogP contribution in [0.4, 0.5) is 0 Å². The van der Waals surface area contributed by atoms with Gasteiger partial charge in [0.15, 0.2) is 0 Å². The van der Waals surface area contributed by atoms with E-state index < -0.39 is 0 Å². The smallest absolute Gasteiger partial charge is 0.133 e. The molecule has 1 aliphatic heterocycles. The number of ether oxygens (including phenoxy) is 1. The lowest BCUT2D eigenvalue weighted by atomic mass is 9.49. The molecule has 2 rings (SSSR count). The first-order valence-electron chi connectivity index (χ1n) is 9.95. The molecule has 142 valence electrons. The third kappa shape index (κ3) is 3.99. The summed E-state index contributed by atoms with van der Waals surface area (Å²) in [6.45, 7) is 17.9. The minimum atomic E-state index is 0.147. The van der Waals surface area contributed by atoms with Crippen LogP contribution in [0.2, 0.25) is 0 Å². The standard InChI is InChI=1S/C21H41NO2/c1-19(2,3)17-15-16(12-13-21(17,7)20(4,5)6)22(23-8)18-11-9-10-14-24-18/h16-18H,9-15H2,1-8H3/t16?,17-,18?,21-/m0/s1. The van der Waals surface area contributed by atoms with Gasteiger partial charge in [-0.15, -0.1) is 0 Å². The Morgan fingerprint density at radius 2 is 1.71 bits per heavy atom. The van der Waals surface area contributed by atoms with Gasteiger partial charge in [-0.05, 0) is 60.7 Å². The van der Waals surface area contributed by atoms with Crippen molar-refractivity contribution >= 4 is 0 Å². The summed E-state index contributed by atoms with van der Waals surface area (Å²) in [7, 11) is 1.82. The summed E-state index contributed by atoms with van der Waals surface area (Å²) >= 11 is 0. The fraction of sp³-hybridized carbons (Fsp3) is 1.00. The highest BCUT2D eigenvalue weighted by Crippen LogP contribution is 2.58. The second kappa shape index (κ2) is 7.25. The van der Waals surface area contributed by atoms with Gasteiger partial charge in [0, 0.05) is 12.6 Å². The molecule has 0 amide bonds. The highest BCUT2D eigenvalue weighted by Gasteiger charge is 2.52. The number of hydroxylamine groups is 2. The molecule has 1 heterocycles. The van der Waals surface area contributed by atoms with Crippen molar-refractivity contribution in [3.63, 3.8) is 0 Å². The molecule has 2 unspecified atom stereocenters. The molecule has 0 aromatic carbocycles. The van der Waals surface area contributed by atoms with Gasteiger partial charge in [0.05, 0.1) is 7.11 Å². The molecule has 0 aromatic heterocycles. The molecular weight excluding hydrogens is 298 g/mol. The molecule has 1 saturated carbocycles. The normalized spacial score (nSPS) is 36.1. The first-order valence-corrected chi connectivity index (χ1v) is 9.95. The predicted molar refractivity (Wildman–Crippen MR) is 101 cm³/mol. The lowest BCUT2D eigenvalue weighted by molar-refractivity contribution is -0.280. The Morgan fingerprint density at radius 3 is 2.17 bits per heavy atom. The van der Waals surface area contributed by atoms with Crippen LogP contribution in [0.1, 0.15) is 87.0 Å². The number of hydrogen-bond donors (Lipinski definition) is 0. The maximum absolute atomic E-state index is 6.03. The maximum Gasteiger partial charge on any atom is 0.133 e. The highest BCUT2D eigenvalue weighted by atomic mass is 16.7. The summed E-state index contributed by atoms with van der Waals surface area (Å²) in [5.41, 5.74) is 0.970. The Balaban J connectivity index is 2.21. The average Bonchev–Trinajstić information content (AvgIpc) is 2.48. The van der Waals surface area contributed by atoms with Crippen molar-refractivity contribution in [2.45, 2.75) is 99.3 Å². The molecule has 0 aromatic rings. The number of nitrogens with zero attached hydrogens (tertiary/aromatic N) is 1. The molecule has 2 aliphatic rings. The van der Waals surface area contributed by atoms with Crippen LogP contribution < -0.4 is 0 Å². The quantitative estimate of drug-likeness (QED) is 0.621. The van der Waals surface area contributed by atoms with Gasteiger partial charge in [-0.25, -0.2) is 0 Å². The van der Waals surface area contributed by atoms with Gasteiger partial charge in [-0.3, -0.25) is 4.84 Å². The molecule has 1 aliphatic carbocycles. The molecule has 0 spiro atoms. The predicted octanol–water partition coefficient (Wildman–Crippen LogP) is 5.64. The second-order valence-electron chi connectivity index (χ2n) is 10.4. The minimum absolute atomic E-state index is 0.147. The van der Waals surface area contributed by atoms with Crippen LogP contribution in [0.5, 0.6) is 0 Å². The molecule has 24 heavy (non-hydrogen) atoms. The van der Waals surface area contributed by atoms with Crippen LogP contribution in [0.25, 0.3) is 0 Å². The zero-order chi connectivity index (χ0) is 18.2. The van der Waals surface area contributed by atoms with Crippen LogP contribution in [0.15, 0.2) is 0 Å². The highest BCUT2D eigenvalue weighted by molar-refractivity contribution is 5.01. The lowest BCUT2D eigenvalue weighted by Gasteiger charge is -2.58. The summed E-state index contributed by atoms with van der Waals surface area (Å²) in [5.74, 6) is 0.671. The molecule has 2 fully saturated rings. The van der Waals surface area contributed by atoms with Crippen molar-refractivity contribution in [1.29, 1.82) is 0 Å². The Hall–Kier alpha value is -0.120. The van der Waals surface area contributed by atoms with E-state index >= 15 is 0 Å². The molecule has 0 N–H and O–H groups in total. The summed E-state index contributed by atoms with van der Waals surface area (Å²) in [6.07, 6.45) is 7.34. The third-order valence-corrected chi connectivity index (χ3v) is 7.04. The molecular formula is C21H41NO2. The van der Waals surface area contributed by atoms with Crippen LogP contribution in [0.3, 0.4) is 0 Å². The molecule has 0 bridgehead atoms. The fourth-order valence-electron chi connectivity index (χ4n) is 5.16. The SMILES string of the molecule is CON(C1CC[C@](C)(C(C)(C)C)[C@H](C(C)(C)C)C1)C1CCCCO1. The van der Waals surface area contributed by atoms with Crippen molar-refractivity contribution in [2.75, 3.05) is 13.7 Å². The van der Waals surface area contributed by atoms with E-state index in [9.17, 15) is 0 Å². The van der Waals surface area contributed by atoms with Crippen molar-refractivity contribution < 1.29 is 9.57 Å². The summed E-state index contributed by atoms with van der Waals surface area (Å²) in [5, 5.41) is 2.19. The van der Waals surface area contributed by atoms with Crippen molar-refractivity contribution in [3.8, 4) is 0 Å². The van der Waals surface area contributed by atoms with E-state index in [-0.39, 0.29) is 6.23 Å². The molecule has 3 heteroatoms. The maximum atomic E-state index is 6.03. The van der Waals surface area contributed by atoms with Gasteiger partial charge < -0.3 is 4.74 Å². The second-order valence-corrected chi connectivity index (χ2v) is 10.4. The van der Waals surface area contributed by atoms with Crippen molar-refractivity contribution in [1.82, 2.24) is 5.06 Å². The Kier molecular flexibility index (Phi) is 6.10. The molecule has 0 radical (unpaired) electrons. The topological polar surface area (TPSA) is 21.7 Å². The van der Waals surface area contributed by atoms with E-state index in [1.165, 1.54) is 32.1 Å². The zero-order valence-corrected chi connectivity index (χ0v) is 17.4. The third-order valence-electron chi connectivity index (χ3n) is 7.04. The van der Waals surface area contributed by atoms with Gasteiger partial charge in [0.2, 0.25) is 0 Å². The van der Waals surface area contributed by atoms with Gasteiger partial charge in [0.1, 0.15) is 6.23 Å². The van der Waals surface area contributed by atoms with Gasteiger partial charge in [-0.1, -0.05) is 48.5 Å². The summed E-state index contributed by atoms with van der Waals surface area (Å²) < 4.78 is 6.03. The first-order chi connectivity index (χ1) is 11.0. The lowest BCUT2D eigenvalue weighted by Crippen LogP contribution is -2.55. The van der Waals surface area contributed by atoms with E-state index in [1.807, 2.05) is 7.11 Å². The van der Waals surface area contributed by atoms with E-state index in [0.717, 1.165) is 13.0 Å². The first kappa shape index (κ1) is 20.2. The van der Waals surface area contributed by atoms with Crippen LogP contribution >= 0.6 is 0 Å². The molecule has 1 saturated heterocycles. The Morgan fingerprint density at radius 1 is 1.04 bits per heavy atom. The van der Waals surface area contributed by atoms with Crippen molar-refractivity contribution in [2.24, 2.45) is 22.2 Å². The van der Waals surface area contributed by atoms with Crippen molar-refractivity contribution in [3.05, 3.63) is 0 Å². The monoisotopic (exact) mass is 339 g/mol. The van der Waals surface area contributed by atoms with Gasteiger partial charge in [-0.2, -0.15) is 5.06 Å². The van der Waals surface area contributed by atoms with Crippen LogP contribution in [-0.2, 0) is 9.57 Å². The zero-order valence-electron chi connectivity index (χ0n) is 17.4. The van der Waals surface area contributed by atoms with Gasteiger partial charge in [0.25, 0.3) is 0 Å². The average molecular weight is 340 g/mol.